The Labute approximate surface area is 126 Å². The Morgan fingerprint density at radius 2 is 1.90 bits per heavy atom. The molecule has 2 atom stereocenters. The van der Waals surface area contributed by atoms with E-state index in [2.05, 4.69) is 0 Å². The zero-order chi connectivity index (χ0) is 15.2. The number of rotatable bonds is 4. The van der Waals surface area contributed by atoms with Crippen LogP contribution >= 0.6 is 0 Å². The van der Waals surface area contributed by atoms with Gasteiger partial charge >= 0.3 is 0 Å². The second-order valence-electron chi connectivity index (χ2n) is 6.60. The lowest BCUT2D eigenvalue weighted by Gasteiger charge is -2.16. The molecular weight excluding hydrogens is 288 g/mol. The van der Waals surface area contributed by atoms with Gasteiger partial charge in [0.15, 0.2) is 0 Å². The third kappa shape index (κ3) is 2.53. The van der Waals surface area contributed by atoms with E-state index in [-0.39, 0.29) is 12.6 Å². The molecule has 1 N–H and O–H groups in total. The van der Waals surface area contributed by atoms with Crippen molar-refractivity contribution in [2.45, 2.75) is 50.7 Å². The maximum Gasteiger partial charge on any atom is 0.244 e. The maximum absolute atomic E-state index is 12.8. The Morgan fingerprint density at radius 1 is 1.29 bits per heavy atom. The summed E-state index contributed by atoms with van der Waals surface area (Å²) in [5, 5.41) is 9.41. The largest absolute Gasteiger partial charge is 0.390 e. The van der Waals surface area contributed by atoms with E-state index >= 15 is 0 Å². The molecule has 21 heavy (non-hydrogen) atoms. The number of hydrogen-bond acceptors (Lipinski definition) is 3. The van der Waals surface area contributed by atoms with E-state index < -0.39 is 10.0 Å². The lowest BCUT2D eigenvalue weighted by atomic mass is 10.0. The summed E-state index contributed by atoms with van der Waals surface area (Å²) in [7, 11) is -3.42. The van der Waals surface area contributed by atoms with Gasteiger partial charge < -0.3 is 9.67 Å². The van der Waals surface area contributed by atoms with E-state index in [4.69, 9.17) is 0 Å². The number of hydrogen-bond donors (Lipinski definition) is 1. The lowest BCUT2D eigenvalue weighted by molar-refractivity contribution is 0.268. The van der Waals surface area contributed by atoms with Gasteiger partial charge in [0.25, 0.3) is 0 Å². The summed E-state index contributed by atoms with van der Waals surface area (Å²) in [5.74, 6) is 1.09. The average Bonchev–Trinajstić information content (AvgIpc) is 3.11. The molecule has 0 amide bonds. The van der Waals surface area contributed by atoms with Gasteiger partial charge in [0, 0.05) is 31.0 Å². The molecule has 5 nitrogen and oxygen atoms in total. The van der Waals surface area contributed by atoms with E-state index in [1.165, 1.54) is 6.42 Å². The van der Waals surface area contributed by atoms with Crippen LogP contribution in [0.4, 0.5) is 0 Å². The Kier molecular flexibility index (Phi) is 3.88. The minimum absolute atomic E-state index is 0.133. The molecule has 1 saturated heterocycles. The van der Waals surface area contributed by atoms with Crippen LogP contribution in [0.2, 0.25) is 0 Å². The standard InChI is InChI=1S/C15H24N2O3S/c1-11(2)17-9-15(6-14(17)10-18)21(19,20)16-7-12-4-3-5-13(12)8-16/h6,9,11-13,18H,3-5,7-8,10H2,1-2H3. The Balaban J connectivity index is 1.88. The second kappa shape index (κ2) is 5.41. The normalized spacial score (nSPS) is 26.7. The van der Waals surface area contributed by atoms with Crippen LogP contribution in [0.1, 0.15) is 44.8 Å². The highest BCUT2D eigenvalue weighted by molar-refractivity contribution is 7.89. The van der Waals surface area contributed by atoms with Gasteiger partial charge in [-0.2, -0.15) is 4.31 Å². The van der Waals surface area contributed by atoms with Crippen LogP contribution in [0, 0.1) is 11.8 Å². The van der Waals surface area contributed by atoms with Crippen molar-refractivity contribution in [3.8, 4) is 0 Å². The summed E-state index contributed by atoms with van der Waals surface area (Å²) in [5.41, 5.74) is 0.656. The first-order chi connectivity index (χ1) is 9.93. The molecule has 118 valence electrons. The highest BCUT2D eigenvalue weighted by Crippen LogP contribution is 2.40. The molecule has 0 aromatic carbocycles. The minimum Gasteiger partial charge on any atom is -0.390 e. The van der Waals surface area contributed by atoms with Crippen LogP contribution in [0.25, 0.3) is 0 Å². The monoisotopic (exact) mass is 312 g/mol. The van der Waals surface area contributed by atoms with Gasteiger partial charge in [0.2, 0.25) is 10.0 Å². The molecule has 2 fully saturated rings. The minimum atomic E-state index is -3.42. The molecule has 6 heteroatoms. The molecule has 2 heterocycles. The first-order valence-corrected chi connectivity index (χ1v) is 9.19. The molecule has 2 aliphatic rings. The highest BCUT2D eigenvalue weighted by atomic mass is 32.2. The first-order valence-electron chi connectivity index (χ1n) is 7.75. The number of fused-ring (bicyclic) bond motifs is 1. The van der Waals surface area contributed by atoms with Gasteiger partial charge in [0.1, 0.15) is 4.90 Å². The summed E-state index contributed by atoms with van der Waals surface area (Å²) >= 11 is 0. The van der Waals surface area contributed by atoms with Gasteiger partial charge in [-0.3, -0.25) is 0 Å². The smallest absolute Gasteiger partial charge is 0.244 e. The molecule has 0 radical (unpaired) electrons. The van der Waals surface area contributed by atoms with Crippen molar-refractivity contribution in [3.05, 3.63) is 18.0 Å². The highest BCUT2D eigenvalue weighted by Gasteiger charge is 2.41. The summed E-state index contributed by atoms with van der Waals surface area (Å²) in [6, 6.07) is 1.75. The molecule has 1 aliphatic carbocycles. The maximum atomic E-state index is 12.8. The Hall–Kier alpha value is -0.850. The molecule has 1 aromatic rings. The fourth-order valence-electron chi connectivity index (χ4n) is 3.78. The van der Waals surface area contributed by atoms with Crippen molar-refractivity contribution >= 4 is 10.0 Å². The average molecular weight is 312 g/mol. The molecule has 0 bridgehead atoms. The molecule has 1 saturated carbocycles. The van der Waals surface area contributed by atoms with E-state index in [0.717, 1.165) is 12.8 Å². The predicted molar refractivity (Wildman–Crippen MR) is 80.3 cm³/mol. The number of aliphatic hydroxyl groups is 1. The zero-order valence-corrected chi connectivity index (χ0v) is 13.5. The van der Waals surface area contributed by atoms with Crippen LogP contribution in [0.5, 0.6) is 0 Å². The fraction of sp³-hybridized carbons (Fsp3) is 0.733. The van der Waals surface area contributed by atoms with E-state index in [9.17, 15) is 13.5 Å². The number of aliphatic hydroxyl groups excluding tert-OH is 1. The van der Waals surface area contributed by atoms with Crippen LogP contribution in [-0.4, -0.2) is 35.5 Å². The van der Waals surface area contributed by atoms with Crippen LogP contribution in [-0.2, 0) is 16.6 Å². The molecule has 1 aromatic heterocycles. The first kappa shape index (κ1) is 15.1. The zero-order valence-electron chi connectivity index (χ0n) is 12.7. The van der Waals surface area contributed by atoms with Crippen molar-refractivity contribution < 1.29 is 13.5 Å². The molecule has 3 rings (SSSR count). The van der Waals surface area contributed by atoms with Crippen LogP contribution in [0.15, 0.2) is 17.2 Å². The van der Waals surface area contributed by atoms with Crippen molar-refractivity contribution in [1.29, 1.82) is 0 Å². The Morgan fingerprint density at radius 3 is 2.38 bits per heavy atom. The SMILES string of the molecule is CC(C)n1cc(S(=O)(=O)N2CC3CCCC3C2)cc1CO. The van der Waals surface area contributed by atoms with Crippen molar-refractivity contribution in [2.75, 3.05) is 13.1 Å². The third-order valence-corrected chi connectivity index (χ3v) is 6.75. The quantitative estimate of drug-likeness (QED) is 0.925. The van der Waals surface area contributed by atoms with Gasteiger partial charge in [-0.05, 0) is 44.6 Å². The van der Waals surface area contributed by atoms with E-state index in [1.54, 1.807) is 16.6 Å². The molecule has 2 unspecified atom stereocenters. The van der Waals surface area contributed by atoms with Gasteiger partial charge in [0.05, 0.1) is 6.61 Å². The third-order valence-electron chi connectivity index (χ3n) is 4.96. The van der Waals surface area contributed by atoms with Gasteiger partial charge in [-0.25, -0.2) is 8.42 Å². The topological polar surface area (TPSA) is 62.5 Å². The summed E-state index contributed by atoms with van der Waals surface area (Å²) < 4.78 is 29.1. The molecule has 0 spiro atoms. The van der Waals surface area contributed by atoms with Gasteiger partial charge in [-0.15, -0.1) is 0 Å². The van der Waals surface area contributed by atoms with Crippen molar-refractivity contribution in [1.82, 2.24) is 8.87 Å². The fourth-order valence-corrected chi connectivity index (χ4v) is 5.39. The predicted octanol–water partition coefficient (Wildman–Crippen LogP) is 1.98. The second-order valence-corrected chi connectivity index (χ2v) is 8.54. The Bertz CT molecular complexity index is 609. The molecule has 1 aliphatic heterocycles. The van der Waals surface area contributed by atoms with Crippen LogP contribution < -0.4 is 0 Å². The summed E-state index contributed by atoms with van der Waals surface area (Å²) in [6.45, 7) is 5.15. The van der Waals surface area contributed by atoms with Crippen molar-refractivity contribution in [3.63, 3.8) is 0 Å². The molecular formula is C15H24N2O3S. The number of aromatic nitrogens is 1. The summed E-state index contributed by atoms with van der Waals surface area (Å²) in [6.07, 6.45) is 5.22. The number of nitrogens with zero attached hydrogens (tertiary/aromatic N) is 2. The number of sulfonamides is 1. The van der Waals surface area contributed by atoms with E-state index in [1.807, 2.05) is 18.4 Å². The van der Waals surface area contributed by atoms with Gasteiger partial charge in [-0.1, -0.05) is 6.42 Å². The van der Waals surface area contributed by atoms with Crippen LogP contribution in [0.3, 0.4) is 0 Å². The van der Waals surface area contributed by atoms with Crippen molar-refractivity contribution in [2.24, 2.45) is 11.8 Å². The summed E-state index contributed by atoms with van der Waals surface area (Å²) in [4.78, 5) is 0.320. The van der Waals surface area contributed by atoms with E-state index in [0.29, 0.717) is 35.5 Å². The lowest BCUT2D eigenvalue weighted by Crippen LogP contribution is -2.29.